The summed E-state index contributed by atoms with van der Waals surface area (Å²) in [4.78, 5) is 27.2. The molecule has 142 valence electrons. The third kappa shape index (κ3) is 6.01. The minimum atomic E-state index is -0.138. The second kappa shape index (κ2) is 9.81. The highest BCUT2D eigenvalue weighted by Crippen LogP contribution is 2.24. The van der Waals surface area contributed by atoms with Crippen molar-refractivity contribution < 1.29 is 9.59 Å². The number of nitrogens with one attached hydrogen (secondary N) is 1. The second-order valence-electron chi connectivity index (χ2n) is 6.53. The zero-order valence-corrected chi connectivity index (χ0v) is 16.7. The van der Waals surface area contributed by atoms with Crippen molar-refractivity contribution in [3.05, 3.63) is 64.7 Å². The fourth-order valence-corrected chi connectivity index (χ4v) is 3.94. The number of benzene rings is 2. The van der Waals surface area contributed by atoms with Gasteiger partial charge in [0.2, 0.25) is 5.91 Å². The molecule has 0 radical (unpaired) electrons. The average molecular weight is 403 g/mol. The predicted molar refractivity (Wildman–Crippen MR) is 110 cm³/mol. The summed E-state index contributed by atoms with van der Waals surface area (Å²) in [6.45, 7) is 2.08. The van der Waals surface area contributed by atoms with Crippen LogP contribution in [0.2, 0.25) is 5.02 Å². The Balaban J connectivity index is 1.42. The van der Waals surface area contributed by atoms with Crippen molar-refractivity contribution in [2.45, 2.75) is 29.9 Å². The molecule has 6 heteroatoms. The molecule has 1 fully saturated rings. The van der Waals surface area contributed by atoms with E-state index in [0.717, 1.165) is 47.2 Å². The summed E-state index contributed by atoms with van der Waals surface area (Å²) in [7, 11) is 0. The maximum absolute atomic E-state index is 12.2. The van der Waals surface area contributed by atoms with Gasteiger partial charge in [-0.25, -0.2) is 0 Å². The van der Waals surface area contributed by atoms with Crippen molar-refractivity contribution in [2.24, 2.45) is 0 Å². The lowest BCUT2D eigenvalue weighted by atomic mass is 10.1. The van der Waals surface area contributed by atoms with Crippen molar-refractivity contribution in [3.63, 3.8) is 0 Å². The van der Waals surface area contributed by atoms with E-state index in [1.54, 1.807) is 11.8 Å². The minimum Gasteiger partial charge on any atom is -0.352 e. The number of thioether (sulfide) groups is 1. The van der Waals surface area contributed by atoms with Gasteiger partial charge < -0.3 is 10.2 Å². The molecule has 0 atom stereocenters. The highest BCUT2D eigenvalue weighted by molar-refractivity contribution is 7.98. The molecule has 1 aliphatic rings. The average Bonchev–Trinajstić information content (AvgIpc) is 3.23. The van der Waals surface area contributed by atoms with E-state index in [-0.39, 0.29) is 11.8 Å². The fraction of sp³-hybridized carbons (Fsp3) is 0.333. The zero-order valence-electron chi connectivity index (χ0n) is 15.1. The largest absolute Gasteiger partial charge is 0.352 e. The molecule has 2 amide bonds. The predicted octanol–water partition coefficient (Wildman–Crippen LogP) is 4.37. The lowest BCUT2D eigenvalue weighted by Crippen LogP contribution is -2.32. The number of rotatable bonds is 7. The topological polar surface area (TPSA) is 49.4 Å². The Hall–Kier alpha value is -1.98. The number of carbonyl (C=O) groups excluding carboxylic acids is 2. The number of carbonyl (C=O) groups is 2. The molecule has 0 bridgehead atoms. The van der Waals surface area contributed by atoms with E-state index in [0.29, 0.717) is 18.5 Å². The van der Waals surface area contributed by atoms with Gasteiger partial charge in [-0.1, -0.05) is 23.7 Å². The molecule has 2 aromatic rings. The van der Waals surface area contributed by atoms with Crippen LogP contribution in [0.15, 0.2) is 53.4 Å². The van der Waals surface area contributed by atoms with E-state index in [2.05, 4.69) is 5.32 Å². The molecule has 1 aliphatic heterocycles. The van der Waals surface area contributed by atoms with Crippen LogP contribution in [-0.4, -0.2) is 36.3 Å². The van der Waals surface area contributed by atoms with Gasteiger partial charge in [-0.05, 0) is 54.8 Å². The lowest BCUT2D eigenvalue weighted by molar-refractivity contribution is -0.129. The molecule has 0 spiro atoms. The van der Waals surface area contributed by atoms with E-state index in [4.69, 9.17) is 11.6 Å². The van der Waals surface area contributed by atoms with Gasteiger partial charge in [0, 0.05) is 47.3 Å². The molecule has 3 rings (SSSR count). The molecule has 0 aliphatic carbocycles. The first-order valence-electron chi connectivity index (χ1n) is 9.15. The first kappa shape index (κ1) is 19.8. The van der Waals surface area contributed by atoms with E-state index >= 15 is 0 Å². The third-order valence-corrected chi connectivity index (χ3v) is 5.85. The Bertz CT molecular complexity index is 772. The van der Waals surface area contributed by atoms with Crippen LogP contribution >= 0.6 is 23.4 Å². The van der Waals surface area contributed by atoms with E-state index in [9.17, 15) is 9.59 Å². The van der Waals surface area contributed by atoms with Crippen molar-refractivity contribution in [1.29, 1.82) is 0 Å². The Labute approximate surface area is 169 Å². The second-order valence-corrected chi connectivity index (χ2v) is 8.02. The molecule has 1 saturated heterocycles. The lowest BCUT2D eigenvalue weighted by Gasteiger charge is -2.15. The highest BCUT2D eigenvalue weighted by Gasteiger charge is 2.17. The van der Waals surface area contributed by atoms with Crippen LogP contribution in [0.4, 0.5) is 0 Å². The number of amides is 2. The first-order valence-corrected chi connectivity index (χ1v) is 10.5. The fourth-order valence-electron chi connectivity index (χ4n) is 2.96. The Morgan fingerprint density at radius 2 is 1.67 bits per heavy atom. The summed E-state index contributed by atoms with van der Waals surface area (Å²) in [6, 6.07) is 15.3. The van der Waals surface area contributed by atoms with E-state index < -0.39 is 0 Å². The van der Waals surface area contributed by atoms with Gasteiger partial charge >= 0.3 is 0 Å². The Morgan fingerprint density at radius 1 is 1.00 bits per heavy atom. The van der Waals surface area contributed by atoms with Crippen LogP contribution in [0.5, 0.6) is 0 Å². The number of nitrogens with zero attached hydrogens (tertiary/aromatic N) is 1. The van der Waals surface area contributed by atoms with Crippen LogP contribution in [0.25, 0.3) is 0 Å². The minimum absolute atomic E-state index is 0.127. The summed E-state index contributed by atoms with van der Waals surface area (Å²) in [5.74, 6) is 0.817. The Morgan fingerprint density at radius 3 is 2.33 bits per heavy atom. The highest BCUT2D eigenvalue weighted by atomic mass is 35.5. The molecular weight excluding hydrogens is 380 g/mol. The van der Waals surface area contributed by atoms with Crippen LogP contribution in [0, 0.1) is 0 Å². The van der Waals surface area contributed by atoms with Gasteiger partial charge in [0.1, 0.15) is 0 Å². The molecule has 0 unspecified atom stereocenters. The summed E-state index contributed by atoms with van der Waals surface area (Å²) in [5.41, 5.74) is 1.76. The number of likely N-dealkylation sites (tertiary alicyclic amines) is 1. The Kier molecular flexibility index (Phi) is 7.18. The first-order chi connectivity index (χ1) is 13.1. The molecular formula is C21H23ClN2O2S. The molecule has 27 heavy (non-hydrogen) atoms. The van der Waals surface area contributed by atoms with Gasteiger partial charge in [-0.15, -0.1) is 11.8 Å². The van der Waals surface area contributed by atoms with Crippen molar-refractivity contribution in [2.75, 3.05) is 19.6 Å². The maximum atomic E-state index is 12.2. The SMILES string of the molecule is O=C(NCCC(=O)N1CCCC1)c1ccc(CSc2ccc(Cl)cc2)cc1. The van der Waals surface area contributed by atoms with E-state index in [1.807, 2.05) is 53.4 Å². The van der Waals surface area contributed by atoms with Crippen molar-refractivity contribution in [3.8, 4) is 0 Å². The number of hydrogen-bond donors (Lipinski definition) is 1. The third-order valence-electron chi connectivity index (χ3n) is 4.52. The summed E-state index contributed by atoms with van der Waals surface area (Å²) in [5, 5.41) is 3.56. The molecule has 2 aromatic carbocycles. The monoisotopic (exact) mass is 402 g/mol. The van der Waals surface area contributed by atoms with Gasteiger partial charge in [0.25, 0.3) is 5.91 Å². The van der Waals surface area contributed by atoms with Gasteiger partial charge in [-0.2, -0.15) is 0 Å². The normalized spacial score (nSPS) is 13.6. The number of hydrogen-bond acceptors (Lipinski definition) is 3. The van der Waals surface area contributed by atoms with Crippen molar-refractivity contribution in [1.82, 2.24) is 10.2 Å². The summed E-state index contributed by atoms with van der Waals surface area (Å²) in [6.07, 6.45) is 2.53. The maximum Gasteiger partial charge on any atom is 0.251 e. The molecule has 4 nitrogen and oxygen atoms in total. The van der Waals surface area contributed by atoms with E-state index in [1.165, 1.54) is 0 Å². The van der Waals surface area contributed by atoms with Crippen molar-refractivity contribution >= 4 is 35.2 Å². The van der Waals surface area contributed by atoms with Crippen LogP contribution in [0.3, 0.4) is 0 Å². The van der Waals surface area contributed by atoms with Gasteiger partial charge in [-0.3, -0.25) is 9.59 Å². The zero-order chi connectivity index (χ0) is 19.1. The van der Waals surface area contributed by atoms with Crippen LogP contribution in [0.1, 0.15) is 35.2 Å². The molecule has 0 aromatic heterocycles. The molecule has 0 saturated carbocycles. The quantitative estimate of drug-likeness (QED) is 0.699. The molecule has 1 N–H and O–H groups in total. The number of halogens is 1. The van der Waals surface area contributed by atoms with Crippen LogP contribution in [-0.2, 0) is 10.5 Å². The standard InChI is InChI=1S/C21H23ClN2O2S/c22-18-7-9-19(10-8-18)27-15-16-3-5-17(6-4-16)21(26)23-12-11-20(25)24-13-1-2-14-24/h3-10H,1-2,11-15H2,(H,23,26). The van der Waals surface area contributed by atoms with Crippen LogP contribution < -0.4 is 5.32 Å². The summed E-state index contributed by atoms with van der Waals surface area (Å²) >= 11 is 7.62. The van der Waals surface area contributed by atoms with Gasteiger partial charge in [0.15, 0.2) is 0 Å². The smallest absolute Gasteiger partial charge is 0.251 e. The molecule has 1 heterocycles. The van der Waals surface area contributed by atoms with Gasteiger partial charge in [0.05, 0.1) is 0 Å². The summed E-state index contributed by atoms with van der Waals surface area (Å²) < 4.78 is 0.